The lowest BCUT2D eigenvalue weighted by molar-refractivity contribution is -0.140. The molecule has 0 bridgehead atoms. The van der Waals surface area contributed by atoms with Crippen molar-refractivity contribution in [1.29, 1.82) is 0 Å². The van der Waals surface area contributed by atoms with Crippen LogP contribution in [0.2, 0.25) is 0 Å². The number of nitrogens with one attached hydrogen (secondary N) is 1. The first-order valence-electron chi connectivity index (χ1n) is 6.67. The second-order valence-corrected chi connectivity index (χ2v) is 4.74. The summed E-state index contributed by atoms with van der Waals surface area (Å²) in [5.74, 6) is -1.11. The van der Waals surface area contributed by atoms with Crippen molar-refractivity contribution in [2.24, 2.45) is 5.92 Å². The van der Waals surface area contributed by atoms with Gasteiger partial charge in [-0.3, -0.25) is 0 Å². The fourth-order valence-corrected chi connectivity index (χ4v) is 1.89. The molecule has 0 aromatic carbocycles. The van der Waals surface area contributed by atoms with Gasteiger partial charge in [0.05, 0.1) is 12.6 Å². The number of likely N-dealkylation sites (N-methyl/N-ethyl adjacent to an activating group) is 1. The largest absolute Gasteiger partial charge is 0.480 e. The lowest BCUT2D eigenvalue weighted by Crippen LogP contribution is -2.53. The van der Waals surface area contributed by atoms with E-state index in [1.165, 1.54) is 0 Å². The first-order chi connectivity index (χ1) is 8.88. The van der Waals surface area contributed by atoms with Crippen LogP contribution >= 0.6 is 0 Å². The molecular formula is C13H26N2O4. The zero-order chi connectivity index (χ0) is 15.0. The van der Waals surface area contributed by atoms with Crippen LogP contribution in [0.5, 0.6) is 0 Å². The van der Waals surface area contributed by atoms with Gasteiger partial charge in [-0.2, -0.15) is 0 Å². The molecule has 0 aromatic heterocycles. The van der Waals surface area contributed by atoms with Gasteiger partial charge in [-0.15, -0.1) is 0 Å². The minimum absolute atomic E-state index is 0.0959. The molecule has 0 rings (SSSR count). The smallest absolute Gasteiger partial charge is 0.326 e. The fraction of sp³-hybridized carbons (Fsp3) is 0.846. The molecule has 112 valence electrons. The van der Waals surface area contributed by atoms with Crippen molar-refractivity contribution in [3.05, 3.63) is 0 Å². The quantitative estimate of drug-likeness (QED) is 0.704. The van der Waals surface area contributed by atoms with E-state index in [0.717, 1.165) is 0 Å². The van der Waals surface area contributed by atoms with Crippen molar-refractivity contribution in [2.75, 3.05) is 20.3 Å². The van der Waals surface area contributed by atoms with Crippen LogP contribution in [-0.2, 0) is 9.53 Å². The molecule has 1 unspecified atom stereocenters. The van der Waals surface area contributed by atoms with Crippen LogP contribution in [0.25, 0.3) is 0 Å². The molecule has 19 heavy (non-hydrogen) atoms. The number of ether oxygens (including phenoxy) is 1. The van der Waals surface area contributed by atoms with E-state index in [1.54, 1.807) is 12.0 Å². The molecule has 0 aliphatic rings. The number of methoxy groups -OCH3 is 1. The Morgan fingerprint density at radius 2 is 1.89 bits per heavy atom. The predicted molar refractivity (Wildman–Crippen MR) is 73.1 cm³/mol. The first-order valence-corrected chi connectivity index (χ1v) is 6.67. The molecule has 0 aromatic rings. The standard InChI is InChI=1S/C13H26N2O4/c1-6-9(3)11(12(16)17)14-13(18)15(7-2)10(4)8-19-5/h9-11H,6-8H2,1-5H3,(H,14,18)(H,16,17)/t9-,10?,11-/m0/s1. The SMILES string of the molecule is CC[C@H](C)[C@H](NC(=O)N(CC)C(C)COC)C(=O)O. The monoisotopic (exact) mass is 274 g/mol. The van der Waals surface area contributed by atoms with Gasteiger partial charge in [-0.05, 0) is 19.8 Å². The molecule has 0 fully saturated rings. The number of hydrogen-bond acceptors (Lipinski definition) is 3. The van der Waals surface area contributed by atoms with Crippen LogP contribution in [-0.4, -0.2) is 54.4 Å². The minimum Gasteiger partial charge on any atom is -0.480 e. The number of urea groups is 1. The number of nitrogens with zero attached hydrogens (tertiary/aromatic N) is 1. The topological polar surface area (TPSA) is 78.9 Å². The molecule has 0 saturated heterocycles. The second-order valence-electron chi connectivity index (χ2n) is 4.74. The Morgan fingerprint density at radius 3 is 2.26 bits per heavy atom. The lowest BCUT2D eigenvalue weighted by atomic mass is 9.99. The molecule has 0 spiro atoms. The normalized spacial score (nSPS) is 15.4. The van der Waals surface area contributed by atoms with Crippen LogP contribution in [0.15, 0.2) is 0 Å². The molecule has 3 atom stereocenters. The lowest BCUT2D eigenvalue weighted by Gasteiger charge is -2.30. The van der Waals surface area contributed by atoms with E-state index in [2.05, 4.69) is 5.32 Å². The van der Waals surface area contributed by atoms with Gasteiger partial charge in [0, 0.05) is 13.7 Å². The van der Waals surface area contributed by atoms with Crippen molar-refractivity contribution in [2.45, 2.75) is 46.2 Å². The van der Waals surface area contributed by atoms with Crippen molar-refractivity contribution in [3.8, 4) is 0 Å². The summed E-state index contributed by atoms with van der Waals surface area (Å²) in [6, 6.07) is -1.32. The highest BCUT2D eigenvalue weighted by molar-refractivity contribution is 5.82. The zero-order valence-electron chi connectivity index (χ0n) is 12.5. The third-order valence-electron chi connectivity index (χ3n) is 3.30. The molecule has 2 amide bonds. The Bertz CT molecular complexity index is 296. The number of carboxylic acids is 1. The average molecular weight is 274 g/mol. The van der Waals surface area contributed by atoms with E-state index in [-0.39, 0.29) is 18.0 Å². The molecule has 0 aliphatic heterocycles. The third kappa shape index (κ3) is 5.46. The first kappa shape index (κ1) is 17.7. The fourth-order valence-electron chi connectivity index (χ4n) is 1.89. The maximum absolute atomic E-state index is 12.1. The van der Waals surface area contributed by atoms with E-state index in [1.807, 2.05) is 27.7 Å². The average Bonchev–Trinajstić information content (AvgIpc) is 2.35. The van der Waals surface area contributed by atoms with E-state index in [4.69, 9.17) is 9.84 Å². The minimum atomic E-state index is -1.00. The van der Waals surface area contributed by atoms with Gasteiger partial charge in [0.2, 0.25) is 0 Å². The third-order valence-corrected chi connectivity index (χ3v) is 3.30. The van der Waals surface area contributed by atoms with E-state index in [9.17, 15) is 9.59 Å². The molecule has 6 nitrogen and oxygen atoms in total. The van der Waals surface area contributed by atoms with Gasteiger partial charge < -0.3 is 20.1 Å². The molecule has 0 saturated carbocycles. The number of carbonyl (C=O) groups is 2. The predicted octanol–water partition coefficient (Wildman–Crippen LogP) is 1.55. The summed E-state index contributed by atoms with van der Waals surface area (Å²) in [5.41, 5.74) is 0. The Balaban J connectivity index is 4.73. The van der Waals surface area contributed by atoms with E-state index in [0.29, 0.717) is 19.6 Å². The Hall–Kier alpha value is -1.30. The van der Waals surface area contributed by atoms with Crippen LogP contribution in [0.4, 0.5) is 4.79 Å². The van der Waals surface area contributed by atoms with Gasteiger partial charge in [-0.25, -0.2) is 9.59 Å². The highest BCUT2D eigenvalue weighted by Gasteiger charge is 2.28. The Kier molecular flexibility index (Phi) is 8.14. The van der Waals surface area contributed by atoms with Gasteiger partial charge in [0.1, 0.15) is 6.04 Å². The summed E-state index contributed by atoms with van der Waals surface area (Å²) in [6.07, 6.45) is 0.691. The number of carbonyl (C=O) groups excluding carboxylic acids is 1. The molecule has 2 N–H and O–H groups in total. The van der Waals surface area contributed by atoms with Crippen molar-refractivity contribution in [1.82, 2.24) is 10.2 Å². The summed E-state index contributed by atoms with van der Waals surface area (Å²) >= 11 is 0. The summed E-state index contributed by atoms with van der Waals surface area (Å²) in [6.45, 7) is 8.35. The van der Waals surface area contributed by atoms with Gasteiger partial charge in [0.25, 0.3) is 0 Å². The van der Waals surface area contributed by atoms with Crippen LogP contribution in [0.1, 0.15) is 34.1 Å². The van der Waals surface area contributed by atoms with Gasteiger partial charge in [0.15, 0.2) is 0 Å². The van der Waals surface area contributed by atoms with Crippen LogP contribution in [0.3, 0.4) is 0 Å². The summed E-state index contributed by atoms with van der Waals surface area (Å²) in [7, 11) is 1.57. The molecule has 0 heterocycles. The van der Waals surface area contributed by atoms with Gasteiger partial charge >= 0.3 is 12.0 Å². The van der Waals surface area contributed by atoms with Crippen LogP contribution < -0.4 is 5.32 Å². The molecular weight excluding hydrogens is 248 g/mol. The second kappa shape index (κ2) is 8.74. The Labute approximate surface area is 115 Å². The molecule has 0 radical (unpaired) electrons. The Morgan fingerprint density at radius 1 is 1.32 bits per heavy atom. The summed E-state index contributed by atoms with van der Waals surface area (Å²) < 4.78 is 5.02. The summed E-state index contributed by atoms with van der Waals surface area (Å²) in [5, 5.41) is 11.8. The maximum atomic E-state index is 12.1. The number of aliphatic carboxylic acids is 1. The zero-order valence-corrected chi connectivity index (χ0v) is 12.5. The maximum Gasteiger partial charge on any atom is 0.326 e. The molecule has 0 aliphatic carbocycles. The summed E-state index contributed by atoms with van der Waals surface area (Å²) in [4.78, 5) is 24.9. The number of amides is 2. The number of hydrogen-bond donors (Lipinski definition) is 2. The van der Waals surface area contributed by atoms with Crippen molar-refractivity contribution >= 4 is 12.0 Å². The van der Waals surface area contributed by atoms with Gasteiger partial charge in [-0.1, -0.05) is 20.3 Å². The molecule has 6 heteroatoms. The number of carboxylic acid groups (broad SMARTS) is 1. The highest BCUT2D eigenvalue weighted by Crippen LogP contribution is 2.09. The number of rotatable bonds is 8. The van der Waals surface area contributed by atoms with E-state index < -0.39 is 12.0 Å². The van der Waals surface area contributed by atoms with Crippen molar-refractivity contribution < 1.29 is 19.4 Å². The highest BCUT2D eigenvalue weighted by atomic mass is 16.5. The van der Waals surface area contributed by atoms with Crippen LogP contribution in [0, 0.1) is 5.92 Å². The van der Waals surface area contributed by atoms with E-state index >= 15 is 0 Å². The van der Waals surface area contributed by atoms with Crippen molar-refractivity contribution in [3.63, 3.8) is 0 Å².